The lowest BCUT2D eigenvalue weighted by molar-refractivity contribution is 0.293. The first-order valence-electron chi connectivity index (χ1n) is 7.24. The van der Waals surface area contributed by atoms with Crippen molar-refractivity contribution >= 4 is 0 Å². The van der Waals surface area contributed by atoms with Gasteiger partial charge in [-0.1, -0.05) is 60.7 Å². The zero-order chi connectivity index (χ0) is 12.9. The Morgan fingerprint density at radius 3 is 2.16 bits per heavy atom. The first kappa shape index (κ1) is 12.4. The van der Waals surface area contributed by atoms with Gasteiger partial charge in [-0.15, -0.1) is 0 Å². The third kappa shape index (κ3) is 3.24. The molecule has 0 heterocycles. The second-order valence-electron chi connectivity index (χ2n) is 5.47. The Morgan fingerprint density at radius 2 is 1.47 bits per heavy atom. The van der Waals surface area contributed by atoms with Gasteiger partial charge in [-0.05, 0) is 42.9 Å². The van der Waals surface area contributed by atoms with E-state index in [4.69, 9.17) is 0 Å². The third-order valence-electron chi connectivity index (χ3n) is 4.10. The number of rotatable bonds is 5. The molecule has 1 nitrogen and oxygen atoms in total. The Morgan fingerprint density at radius 1 is 0.842 bits per heavy atom. The highest BCUT2D eigenvalue weighted by atomic mass is 14.9. The Kier molecular flexibility index (Phi) is 3.95. The molecule has 0 bridgehead atoms. The van der Waals surface area contributed by atoms with E-state index in [-0.39, 0.29) is 0 Å². The number of hydrogen-bond donors (Lipinski definition) is 1. The second-order valence-corrected chi connectivity index (χ2v) is 5.47. The summed E-state index contributed by atoms with van der Waals surface area (Å²) in [6, 6.07) is 22.3. The fourth-order valence-electron chi connectivity index (χ4n) is 2.85. The summed E-state index contributed by atoms with van der Waals surface area (Å²) in [4.78, 5) is 0. The minimum atomic E-state index is 0.717. The SMILES string of the molecule is c1ccc(CCNC2CC(c3ccccc3)C2)cc1. The Bertz CT molecular complexity index is 486. The van der Waals surface area contributed by atoms with Gasteiger partial charge in [0.25, 0.3) is 0 Å². The van der Waals surface area contributed by atoms with E-state index in [1.54, 1.807) is 0 Å². The summed E-state index contributed by atoms with van der Waals surface area (Å²) in [5.74, 6) is 0.774. The van der Waals surface area contributed by atoms with Crippen molar-refractivity contribution in [2.45, 2.75) is 31.2 Å². The van der Waals surface area contributed by atoms with Gasteiger partial charge in [0.05, 0.1) is 0 Å². The molecule has 0 unspecified atom stereocenters. The summed E-state index contributed by atoms with van der Waals surface area (Å²) < 4.78 is 0. The van der Waals surface area contributed by atoms with Gasteiger partial charge in [0.1, 0.15) is 0 Å². The van der Waals surface area contributed by atoms with Gasteiger partial charge in [-0.25, -0.2) is 0 Å². The first-order valence-corrected chi connectivity index (χ1v) is 7.24. The molecule has 0 radical (unpaired) electrons. The van der Waals surface area contributed by atoms with Gasteiger partial charge in [0.2, 0.25) is 0 Å². The van der Waals surface area contributed by atoms with Crippen molar-refractivity contribution in [3.8, 4) is 0 Å². The molecule has 3 rings (SSSR count). The zero-order valence-electron chi connectivity index (χ0n) is 11.3. The van der Waals surface area contributed by atoms with Gasteiger partial charge in [-0.2, -0.15) is 0 Å². The van der Waals surface area contributed by atoms with Gasteiger partial charge < -0.3 is 5.32 Å². The molecule has 1 aliphatic carbocycles. The molecule has 1 N–H and O–H groups in total. The van der Waals surface area contributed by atoms with E-state index < -0.39 is 0 Å². The normalized spacial score (nSPS) is 21.9. The fraction of sp³-hybridized carbons (Fsp3) is 0.333. The maximum Gasteiger partial charge on any atom is 0.00788 e. The standard InChI is InChI=1S/C18H21N/c1-3-7-15(8-4-1)11-12-19-18-13-17(14-18)16-9-5-2-6-10-16/h1-10,17-19H,11-14H2. The smallest absolute Gasteiger partial charge is 0.00788 e. The van der Waals surface area contributed by atoms with Crippen molar-refractivity contribution in [3.63, 3.8) is 0 Å². The average Bonchev–Trinajstić information content (AvgIpc) is 2.43. The molecule has 2 aromatic carbocycles. The highest BCUT2D eigenvalue weighted by molar-refractivity contribution is 5.22. The summed E-state index contributed by atoms with van der Waals surface area (Å²) in [6.45, 7) is 1.09. The molecule has 0 aromatic heterocycles. The van der Waals surface area contributed by atoms with Crippen LogP contribution in [0.5, 0.6) is 0 Å². The van der Waals surface area contributed by atoms with Crippen molar-refractivity contribution in [3.05, 3.63) is 71.8 Å². The van der Waals surface area contributed by atoms with Crippen LogP contribution >= 0.6 is 0 Å². The summed E-state index contributed by atoms with van der Waals surface area (Å²) >= 11 is 0. The predicted octanol–water partition coefficient (Wildman–Crippen LogP) is 3.76. The van der Waals surface area contributed by atoms with E-state index in [1.165, 1.54) is 24.0 Å². The van der Waals surface area contributed by atoms with Crippen LogP contribution in [0.25, 0.3) is 0 Å². The van der Waals surface area contributed by atoms with Crippen LogP contribution in [0.1, 0.15) is 29.9 Å². The van der Waals surface area contributed by atoms with Gasteiger partial charge >= 0.3 is 0 Å². The molecule has 0 spiro atoms. The number of hydrogen-bond acceptors (Lipinski definition) is 1. The number of benzene rings is 2. The van der Waals surface area contributed by atoms with Crippen molar-refractivity contribution in [1.29, 1.82) is 0 Å². The summed E-state index contributed by atoms with van der Waals surface area (Å²) in [5, 5.41) is 3.67. The van der Waals surface area contributed by atoms with Crippen molar-refractivity contribution in [2.75, 3.05) is 6.54 Å². The van der Waals surface area contributed by atoms with Crippen molar-refractivity contribution in [2.24, 2.45) is 0 Å². The minimum Gasteiger partial charge on any atom is -0.314 e. The molecule has 2 aromatic rings. The highest BCUT2D eigenvalue weighted by Crippen LogP contribution is 2.36. The summed E-state index contributed by atoms with van der Waals surface area (Å²) in [6.07, 6.45) is 3.71. The molecule has 1 aliphatic rings. The third-order valence-corrected chi connectivity index (χ3v) is 4.10. The maximum absolute atomic E-state index is 3.67. The molecule has 0 atom stereocenters. The molecule has 19 heavy (non-hydrogen) atoms. The van der Waals surface area contributed by atoms with Gasteiger partial charge in [-0.3, -0.25) is 0 Å². The van der Waals surface area contributed by atoms with E-state index in [9.17, 15) is 0 Å². The fourth-order valence-corrected chi connectivity index (χ4v) is 2.85. The predicted molar refractivity (Wildman–Crippen MR) is 80.4 cm³/mol. The molecule has 0 saturated heterocycles. The topological polar surface area (TPSA) is 12.0 Å². The van der Waals surface area contributed by atoms with Crippen LogP contribution in [-0.4, -0.2) is 12.6 Å². The van der Waals surface area contributed by atoms with Crippen LogP contribution in [0.15, 0.2) is 60.7 Å². The zero-order valence-corrected chi connectivity index (χ0v) is 11.3. The quantitative estimate of drug-likeness (QED) is 0.853. The monoisotopic (exact) mass is 251 g/mol. The van der Waals surface area contributed by atoms with Crippen LogP contribution in [0.4, 0.5) is 0 Å². The molecule has 1 saturated carbocycles. The highest BCUT2D eigenvalue weighted by Gasteiger charge is 2.29. The van der Waals surface area contributed by atoms with Gasteiger partial charge in [0.15, 0.2) is 0 Å². The van der Waals surface area contributed by atoms with Crippen molar-refractivity contribution in [1.82, 2.24) is 5.32 Å². The minimum absolute atomic E-state index is 0.717. The molecule has 1 fully saturated rings. The van der Waals surface area contributed by atoms with Crippen LogP contribution in [0.3, 0.4) is 0 Å². The molecule has 98 valence electrons. The Labute approximate surface area is 115 Å². The largest absolute Gasteiger partial charge is 0.314 e. The molecule has 0 amide bonds. The van der Waals surface area contributed by atoms with E-state index in [0.717, 1.165) is 18.9 Å². The van der Waals surface area contributed by atoms with Crippen LogP contribution in [-0.2, 0) is 6.42 Å². The lowest BCUT2D eigenvalue weighted by Crippen LogP contribution is -2.40. The van der Waals surface area contributed by atoms with E-state index >= 15 is 0 Å². The van der Waals surface area contributed by atoms with Crippen LogP contribution in [0, 0.1) is 0 Å². The maximum atomic E-state index is 3.67. The molecular formula is C18H21N. The molecule has 0 aliphatic heterocycles. The Balaban J connectivity index is 1.38. The van der Waals surface area contributed by atoms with Crippen LogP contribution < -0.4 is 5.32 Å². The molecule has 1 heteroatoms. The van der Waals surface area contributed by atoms with Gasteiger partial charge in [0, 0.05) is 6.04 Å². The summed E-state index contributed by atoms with van der Waals surface area (Å²) in [5.41, 5.74) is 2.93. The first-order chi connectivity index (χ1) is 9.42. The molecular weight excluding hydrogens is 230 g/mol. The lowest BCUT2D eigenvalue weighted by Gasteiger charge is -2.36. The lowest BCUT2D eigenvalue weighted by atomic mass is 9.76. The second kappa shape index (κ2) is 6.03. The van der Waals surface area contributed by atoms with E-state index in [2.05, 4.69) is 66.0 Å². The average molecular weight is 251 g/mol. The summed E-state index contributed by atoms with van der Waals surface area (Å²) in [7, 11) is 0. The van der Waals surface area contributed by atoms with Crippen LogP contribution in [0.2, 0.25) is 0 Å². The van der Waals surface area contributed by atoms with Crippen molar-refractivity contribution < 1.29 is 0 Å². The van der Waals surface area contributed by atoms with E-state index in [0.29, 0.717) is 6.04 Å². The number of nitrogens with one attached hydrogen (secondary N) is 1. The Hall–Kier alpha value is -1.60. The van der Waals surface area contributed by atoms with E-state index in [1.807, 2.05) is 0 Å².